The van der Waals surface area contributed by atoms with Crippen LogP contribution in [0.15, 0.2) is 34.9 Å². The summed E-state index contributed by atoms with van der Waals surface area (Å²) in [6.45, 7) is 0.354. The lowest BCUT2D eigenvalue weighted by Gasteiger charge is -2.09. The van der Waals surface area contributed by atoms with Crippen molar-refractivity contribution >= 4 is 15.9 Å². The first kappa shape index (κ1) is 12.1. The zero-order valence-corrected chi connectivity index (χ0v) is 11.0. The quantitative estimate of drug-likeness (QED) is 0.941. The van der Waals surface area contributed by atoms with Gasteiger partial charge in [-0.25, -0.2) is 0 Å². The van der Waals surface area contributed by atoms with Crippen molar-refractivity contribution in [2.75, 3.05) is 0 Å². The topological polar surface area (TPSA) is 47.3 Å². The summed E-state index contributed by atoms with van der Waals surface area (Å²) in [4.78, 5) is 0. The molecule has 1 aromatic carbocycles. The van der Waals surface area contributed by atoms with Crippen LogP contribution in [0.5, 0.6) is 5.75 Å². The first-order valence-electron chi connectivity index (χ1n) is 5.19. The molecule has 0 fully saturated rings. The van der Waals surface area contributed by atoms with Gasteiger partial charge in [-0.3, -0.25) is 4.68 Å². The fraction of sp³-hybridized carbons (Fsp3) is 0.250. The smallest absolute Gasteiger partial charge is 0.132 e. The Bertz CT molecular complexity index is 511. The average Bonchev–Trinajstić information content (AvgIpc) is 2.73. The van der Waals surface area contributed by atoms with E-state index in [-0.39, 0.29) is 6.61 Å². The first-order valence-corrected chi connectivity index (χ1v) is 5.99. The molecular weight excluding hydrogens is 284 g/mol. The molecule has 0 amide bonds. The molecule has 0 atom stereocenters. The predicted octanol–water partition coefficient (Wildman–Crippen LogP) is 2.25. The third-order valence-electron chi connectivity index (χ3n) is 2.34. The van der Waals surface area contributed by atoms with Crippen LogP contribution in [0.3, 0.4) is 0 Å². The largest absolute Gasteiger partial charge is 0.487 e. The molecule has 2 aromatic rings. The maximum absolute atomic E-state index is 9.22. The number of ether oxygens (including phenoxy) is 1. The van der Waals surface area contributed by atoms with Crippen LogP contribution < -0.4 is 4.74 Å². The fourth-order valence-electron chi connectivity index (χ4n) is 1.50. The standard InChI is InChI=1S/C12H13BrN2O2/c1-15-5-4-11(14-15)8-17-12-3-2-10(13)6-9(12)7-16/h2-6,16H,7-8H2,1H3. The molecule has 5 heteroatoms. The van der Waals surface area contributed by atoms with Crippen molar-refractivity contribution in [3.63, 3.8) is 0 Å². The van der Waals surface area contributed by atoms with E-state index in [1.165, 1.54) is 0 Å². The third-order valence-corrected chi connectivity index (χ3v) is 2.83. The number of nitrogens with zero attached hydrogens (tertiary/aromatic N) is 2. The average molecular weight is 297 g/mol. The van der Waals surface area contributed by atoms with Crippen molar-refractivity contribution in [2.24, 2.45) is 7.05 Å². The van der Waals surface area contributed by atoms with Crippen LogP contribution in [0.2, 0.25) is 0 Å². The van der Waals surface area contributed by atoms with Gasteiger partial charge in [-0.2, -0.15) is 5.10 Å². The Labute approximate surface area is 108 Å². The molecule has 1 N–H and O–H groups in total. The van der Waals surface area contributed by atoms with Crippen LogP contribution in [-0.2, 0) is 20.3 Å². The van der Waals surface area contributed by atoms with E-state index in [9.17, 15) is 5.11 Å². The van der Waals surface area contributed by atoms with Crippen LogP contribution in [0.25, 0.3) is 0 Å². The van der Waals surface area contributed by atoms with E-state index in [0.717, 1.165) is 15.7 Å². The van der Waals surface area contributed by atoms with E-state index >= 15 is 0 Å². The number of benzene rings is 1. The van der Waals surface area contributed by atoms with Gasteiger partial charge in [0.25, 0.3) is 0 Å². The van der Waals surface area contributed by atoms with Gasteiger partial charge in [0.15, 0.2) is 0 Å². The van der Waals surface area contributed by atoms with Crippen molar-refractivity contribution in [2.45, 2.75) is 13.2 Å². The highest BCUT2D eigenvalue weighted by molar-refractivity contribution is 9.10. The Morgan fingerprint density at radius 1 is 1.41 bits per heavy atom. The summed E-state index contributed by atoms with van der Waals surface area (Å²) in [5, 5.41) is 13.4. The molecule has 4 nitrogen and oxygen atoms in total. The Morgan fingerprint density at radius 2 is 2.24 bits per heavy atom. The van der Waals surface area contributed by atoms with Gasteiger partial charge in [0.05, 0.1) is 12.3 Å². The molecule has 2 rings (SSSR count). The number of hydrogen-bond acceptors (Lipinski definition) is 3. The maximum atomic E-state index is 9.22. The Hall–Kier alpha value is -1.33. The lowest BCUT2D eigenvalue weighted by Crippen LogP contribution is -2.00. The van der Waals surface area contributed by atoms with Crippen molar-refractivity contribution in [1.82, 2.24) is 9.78 Å². The fourth-order valence-corrected chi connectivity index (χ4v) is 1.91. The molecule has 0 bridgehead atoms. The first-order chi connectivity index (χ1) is 8.19. The zero-order chi connectivity index (χ0) is 12.3. The summed E-state index contributed by atoms with van der Waals surface area (Å²) in [7, 11) is 1.86. The molecule has 17 heavy (non-hydrogen) atoms. The Balaban J connectivity index is 2.08. The molecule has 90 valence electrons. The molecule has 0 saturated carbocycles. The van der Waals surface area contributed by atoms with Gasteiger partial charge in [-0.15, -0.1) is 0 Å². The van der Waals surface area contributed by atoms with Crippen molar-refractivity contribution in [1.29, 1.82) is 0 Å². The summed E-state index contributed by atoms with van der Waals surface area (Å²) in [5.41, 5.74) is 1.62. The lowest BCUT2D eigenvalue weighted by atomic mass is 10.2. The van der Waals surface area contributed by atoms with Gasteiger partial charge in [-0.1, -0.05) is 15.9 Å². The van der Waals surface area contributed by atoms with Crippen LogP contribution in [0.1, 0.15) is 11.3 Å². The second-order valence-electron chi connectivity index (χ2n) is 3.68. The molecule has 0 saturated heterocycles. The number of hydrogen-bond donors (Lipinski definition) is 1. The highest BCUT2D eigenvalue weighted by Gasteiger charge is 2.05. The third kappa shape index (κ3) is 3.08. The SMILES string of the molecule is Cn1ccc(COc2ccc(Br)cc2CO)n1. The second-order valence-corrected chi connectivity index (χ2v) is 4.60. The van der Waals surface area contributed by atoms with E-state index in [1.807, 2.05) is 37.5 Å². The summed E-state index contributed by atoms with van der Waals surface area (Å²) in [6.07, 6.45) is 1.87. The monoisotopic (exact) mass is 296 g/mol. The molecule has 1 heterocycles. The summed E-state index contributed by atoms with van der Waals surface area (Å²) >= 11 is 3.35. The van der Waals surface area contributed by atoms with E-state index in [2.05, 4.69) is 21.0 Å². The molecule has 0 aliphatic rings. The number of aliphatic hydroxyl groups excluding tert-OH is 1. The van der Waals surface area contributed by atoms with E-state index in [1.54, 1.807) is 4.68 Å². The highest BCUT2D eigenvalue weighted by atomic mass is 79.9. The molecule has 0 spiro atoms. The van der Waals surface area contributed by atoms with Gasteiger partial charge >= 0.3 is 0 Å². The van der Waals surface area contributed by atoms with Crippen molar-refractivity contribution < 1.29 is 9.84 Å². The van der Waals surface area contributed by atoms with Gasteiger partial charge in [0, 0.05) is 23.3 Å². The number of aryl methyl sites for hydroxylation is 1. The molecule has 0 aliphatic carbocycles. The molecular formula is C12H13BrN2O2. The number of halogens is 1. The number of aliphatic hydroxyl groups is 1. The van der Waals surface area contributed by atoms with Crippen LogP contribution in [-0.4, -0.2) is 14.9 Å². The minimum Gasteiger partial charge on any atom is -0.487 e. The highest BCUT2D eigenvalue weighted by Crippen LogP contribution is 2.23. The number of aromatic nitrogens is 2. The van der Waals surface area contributed by atoms with E-state index in [0.29, 0.717) is 12.4 Å². The van der Waals surface area contributed by atoms with Crippen LogP contribution >= 0.6 is 15.9 Å². The molecule has 0 radical (unpaired) electrons. The van der Waals surface area contributed by atoms with Gasteiger partial charge in [-0.05, 0) is 24.3 Å². The van der Waals surface area contributed by atoms with Gasteiger partial charge < -0.3 is 9.84 Å². The normalized spacial score (nSPS) is 10.5. The second kappa shape index (κ2) is 5.33. The minimum absolute atomic E-state index is 0.0447. The van der Waals surface area contributed by atoms with Crippen LogP contribution in [0, 0.1) is 0 Å². The number of rotatable bonds is 4. The van der Waals surface area contributed by atoms with Gasteiger partial charge in [0.1, 0.15) is 12.4 Å². The molecule has 0 unspecified atom stereocenters. The Morgan fingerprint density at radius 3 is 2.88 bits per heavy atom. The van der Waals surface area contributed by atoms with Crippen molar-refractivity contribution in [3.05, 3.63) is 46.2 Å². The predicted molar refractivity (Wildman–Crippen MR) is 67.6 cm³/mol. The van der Waals surface area contributed by atoms with Gasteiger partial charge in [0.2, 0.25) is 0 Å². The summed E-state index contributed by atoms with van der Waals surface area (Å²) < 4.78 is 8.28. The maximum Gasteiger partial charge on any atom is 0.132 e. The van der Waals surface area contributed by atoms with Crippen LogP contribution in [0.4, 0.5) is 0 Å². The lowest BCUT2D eigenvalue weighted by molar-refractivity contribution is 0.257. The molecule has 0 aliphatic heterocycles. The summed E-state index contributed by atoms with van der Waals surface area (Å²) in [6, 6.07) is 7.46. The molecule has 1 aromatic heterocycles. The minimum atomic E-state index is -0.0447. The summed E-state index contributed by atoms with van der Waals surface area (Å²) in [5.74, 6) is 0.682. The zero-order valence-electron chi connectivity index (χ0n) is 9.43. The van der Waals surface area contributed by atoms with Crippen molar-refractivity contribution in [3.8, 4) is 5.75 Å². The Kier molecular flexibility index (Phi) is 3.81. The van der Waals surface area contributed by atoms with E-state index < -0.39 is 0 Å². The van der Waals surface area contributed by atoms with E-state index in [4.69, 9.17) is 4.74 Å².